The van der Waals surface area contributed by atoms with Crippen LogP contribution in [0, 0.1) is 0 Å². The highest BCUT2D eigenvalue weighted by Crippen LogP contribution is 2.27. The van der Waals surface area contributed by atoms with Gasteiger partial charge in [-0.05, 0) is 69.5 Å². The molecule has 31 heavy (non-hydrogen) atoms. The first kappa shape index (κ1) is 22.7. The first-order valence-corrected chi connectivity index (χ1v) is 10.4. The molecular formula is C23H20BrClN2O4. The van der Waals surface area contributed by atoms with Gasteiger partial charge in [0.2, 0.25) is 0 Å². The van der Waals surface area contributed by atoms with Crippen LogP contribution >= 0.6 is 27.5 Å². The van der Waals surface area contributed by atoms with Gasteiger partial charge in [-0.3, -0.25) is 4.79 Å². The molecule has 0 atom stereocenters. The van der Waals surface area contributed by atoms with Crippen molar-refractivity contribution in [2.45, 2.75) is 6.61 Å². The van der Waals surface area contributed by atoms with Crippen molar-refractivity contribution in [3.05, 3.63) is 86.8 Å². The molecule has 1 amide bonds. The number of ether oxygens (including phenoxy) is 3. The normalized spacial score (nSPS) is 10.7. The second-order valence-electron chi connectivity index (χ2n) is 6.37. The number of carbonyl (C=O) groups excluding carboxylic acids is 1. The van der Waals surface area contributed by atoms with Gasteiger partial charge in [-0.1, -0.05) is 23.7 Å². The monoisotopic (exact) mass is 502 g/mol. The summed E-state index contributed by atoms with van der Waals surface area (Å²) in [4.78, 5) is 12.4. The molecule has 0 spiro atoms. The Labute approximate surface area is 193 Å². The van der Waals surface area contributed by atoms with Gasteiger partial charge in [0.15, 0.2) is 0 Å². The van der Waals surface area contributed by atoms with Crippen LogP contribution < -0.4 is 19.6 Å². The Morgan fingerprint density at radius 3 is 2.48 bits per heavy atom. The molecule has 0 aliphatic heterocycles. The molecule has 6 nitrogen and oxygen atoms in total. The number of nitrogens with one attached hydrogen (secondary N) is 1. The Bertz CT molecular complexity index is 1090. The quantitative estimate of drug-likeness (QED) is 0.327. The summed E-state index contributed by atoms with van der Waals surface area (Å²) in [5, 5.41) is 4.71. The van der Waals surface area contributed by atoms with Gasteiger partial charge in [-0.25, -0.2) is 5.43 Å². The summed E-state index contributed by atoms with van der Waals surface area (Å²) in [6, 6.07) is 17.9. The van der Waals surface area contributed by atoms with Gasteiger partial charge in [0.25, 0.3) is 5.91 Å². The first-order valence-electron chi connectivity index (χ1n) is 9.22. The number of halogens is 2. The maximum atomic E-state index is 12.4. The molecular weight excluding hydrogens is 484 g/mol. The van der Waals surface area contributed by atoms with Crippen molar-refractivity contribution in [1.29, 1.82) is 0 Å². The van der Waals surface area contributed by atoms with Crippen LogP contribution in [0.5, 0.6) is 17.2 Å². The number of methoxy groups -OCH3 is 2. The van der Waals surface area contributed by atoms with E-state index in [4.69, 9.17) is 25.8 Å². The summed E-state index contributed by atoms with van der Waals surface area (Å²) < 4.78 is 17.0. The Kier molecular flexibility index (Phi) is 7.92. The zero-order chi connectivity index (χ0) is 22.2. The van der Waals surface area contributed by atoms with E-state index in [1.807, 2.05) is 42.5 Å². The van der Waals surface area contributed by atoms with Crippen LogP contribution in [-0.2, 0) is 6.61 Å². The van der Waals surface area contributed by atoms with E-state index < -0.39 is 5.91 Å². The molecule has 0 fully saturated rings. The summed E-state index contributed by atoms with van der Waals surface area (Å²) >= 11 is 9.40. The van der Waals surface area contributed by atoms with Crippen LogP contribution in [0.15, 0.2) is 70.2 Å². The zero-order valence-corrected chi connectivity index (χ0v) is 19.2. The lowest BCUT2D eigenvalue weighted by Gasteiger charge is -2.09. The van der Waals surface area contributed by atoms with E-state index in [0.717, 1.165) is 15.6 Å². The van der Waals surface area contributed by atoms with Crippen molar-refractivity contribution in [2.75, 3.05) is 14.2 Å². The minimum Gasteiger partial charge on any atom is -0.497 e. The summed E-state index contributed by atoms with van der Waals surface area (Å²) in [5.74, 6) is 1.30. The van der Waals surface area contributed by atoms with Gasteiger partial charge in [-0.15, -0.1) is 0 Å². The molecule has 160 valence electrons. The van der Waals surface area contributed by atoms with Crippen LogP contribution in [0.4, 0.5) is 0 Å². The van der Waals surface area contributed by atoms with E-state index in [1.54, 1.807) is 31.5 Å². The highest BCUT2D eigenvalue weighted by molar-refractivity contribution is 9.10. The lowest BCUT2D eigenvalue weighted by molar-refractivity contribution is 0.0952. The molecule has 8 heteroatoms. The molecule has 0 aliphatic rings. The number of carbonyl (C=O) groups is 1. The number of hydrazone groups is 1. The number of rotatable bonds is 8. The molecule has 0 saturated carbocycles. The van der Waals surface area contributed by atoms with Crippen molar-refractivity contribution >= 4 is 39.7 Å². The lowest BCUT2D eigenvalue weighted by Crippen LogP contribution is -2.18. The highest BCUT2D eigenvalue weighted by Gasteiger charge is 2.12. The fourth-order valence-corrected chi connectivity index (χ4v) is 3.30. The first-order chi connectivity index (χ1) is 15.0. The SMILES string of the molecule is COc1ccc(C(=O)N/N=C\c2ccc(OCc3ccc(Cl)cc3)c(Br)c2)c(OC)c1. The van der Waals surface area contributed by atoms with Crippen molar-refractivity contribution in [3.63, 3.8) is 0 Å². The Hall–Kier alpha value is -3.03. The third-order valence-corrected chi connectivity index (χ3v) is 5.17. The molecule has 3 aromatic rings. The largest absolute Gasteiger partial charge is 0.497 e. The van der Waals surface area contributed by atoms with E-state index in [-0.39, 0.29) is 0 Å². The van der Waals surface area contributed by atoms with Gasteiger partial charge in [-0.2, -0.15) is 5.10 Å². The van der Waals surface area contributed by atoms with E-state index in [0.29, 0.717) is 34.4 Å². The molecule has 0 aromatic heterocycles. The summed E-state index contributed by atoms with van der Waals surface area (Å²) in [5.41, 5.74) is 4.65. The summed E-state index contributed by atoms with van der Waals surface area (Å²) in [6.45, 7) is 0.420. The minimum absolute atomic E-state index is 0.354. The Balaban J connectivity index is 1.60. The topological polar surface area (TPSA) is 69.2 Å². The van der Waals surface area contributed by atoms with Crippen molar-refractivity contribution < 1.29 is 19.0 Å². The van der Waals surface area contributed by atoms with Crippen LogP contribution in [-0.4, -0.2) is 26.3 Å². The number of nitrogens with zero attached hydrogens (tertiary/aromatic N) is 1. The van der Waals surface area contributed by atoms with Crippen molar-refractivity contribution in [1.82, 2.24) is 5.43 Å². The standard InChI is InChI=1S/C23H20BrClN2O4/c1-29-18-8-9-19(22(12-18)30-2)23(28)27-26-13-16-5-10-21(20(24)11-16)31-14-15-3-6-17(25)7-4-15/h3-13H,14H2,1-2H3,(H,27,28)/b26-13-. The zero-order valence-electron chi connectivity index (χ0n) is 16.9. The van der Waals surface area contributed by atoms with Gasteiger partial charge < -0.3 is 14.2 Å². The average molecular weight is 504 g/mol. The predicted molar refractivity (Wildman–Crippen MR) is 125 cm³/mol. The van der Waals surface area contributed by atoms with Gasteiger partial charge >= 0.3 is 0 Å². The molecule has 3 aromatic carbocycles. The molecule has 3 rings (SSSR count). The lowest BCUT2D eigenvalue weighted by atomic mass is 10.2. The van der Waals surface area contributed by atoms with E-state index >= 15 is 0 Å². The molecule has 0 bridgehead atoms. The third kappa shape index (κ3) is 6.23. The average Bonchev–Trinajstić information content (AvgIpc) is 2.79. The van der Waals surface area contributed by atoms with Gasteiger partial charge in [0.05, 0.1) is 30.5 Å². The van der Waals surface area contributed by atoms with Crippen molar-refractivity contribution in [2.24, 2.45) is 5.10 Å². The smallest absolute Gasteiger partial charge is 0.275 e. The van der Waals surface area contributed by atoms with Crippen LogP contribution in [0.1, 0.15) is 21.5 Å². The van der Waals surface area contributed by atoms with Crippen LogP contribution in [0.3, 0.4) is 0 Å². The summed E-state index contributed by atoms with van der Waals surface area (Å²) in [7, 11) is 3.04. The third-order valence-electron chi connectivity index (χ3n) is 4.30. The fraction of sp³-hybridized carbons (Fsp3) is 0.130. The maximum Gasteiger partial charge on any atom is 0.275 e. The maximum absolute atomic E-state index is 12.4. The van der Waals surface area contributed by atoms with E-state index in [9.17, 15) is 4.79 Å². The molecule has 0 saturated heterocycles. The van der Waals surface area contributed by atoms with E-state index in [2.05, 4.69) is 26.5 Å². The Morgan fingerprint density at radius 1 is 1.03 bits per heavy atom. The molecule has 0 aliphatic carbocycles. The number of hydrogen-bond acceptors (Lipinski definition) is 5. The molecule has 1 N–H and O–H groups in total. The molecule has 0 heterocycles. The second-order valence-corrected chi connectivity index (χ2v) is 7.66. The molecule has 0 unspecified atom stereocenters. The number of benzene rings is 3. The molecule has 0 radical (unpaired) electrons. The van der Waals surface area contributed by atoms with Crippen LogP contribution in [0.25, 0.3) is 0 Å². The van der Waals surface area contributed by atoms with Crippen LogP contribution in [0.2, 0.25) is 5.02 Å². The predicted octanol–water partition coefficient (Wildman–Crippen LogP) is 5.46. The minimum atomic E-state index is -0.391. The highest BCUT2D eigenvalue weighted by atomic mass is 79.9. The van der Waals surface area contributed by atoms with Gasteiger partial charge in [0, 0.05) is 11.1 Å². The van der Waals surface area contributed by atoms with E-state index in [1.165, 1.54) is 7.11 Å². The number of hydrogen-bond donors (Lipinski definition) is 1. The summed E-state index contributed by atoms with van der Waals surface area (Å²) in [6.07, 6.45) is 1.54. The second kappa shape index (κ2) is 10.8. The van der Waals surface area contributed by atoms with Gasteiger partial charge in [0.1, 0.15) is 23.9 Å². The fourth-order valence-electron chi connectivity index (χ4n) is 2.67. The van der Waals surface area contributed by atoms with Crippen molar-refractivity contribution in [3.8, 4) is 17.2 Å². The Morgan fingerprint density at radius 2 is 1.81 bits per heavy atom. The number of amides is 1.